The van der Waals surface area contributed by atoms with Crippen LogP contribution in [-0.4, -0.2) is 37.0 Å². The number of hydrogen-bond acceptors (Lipinski definition) is 3. The fraction of sp³-hybridized carbons (Fsp3) is 1.00. The normalized spacial score (nSPS) is 23.4. The molecule has 3 heteroatoms. The van der Waals surface area contributed by atoms with Crippen molar-refractivity contribution in [2.45, 2.75) is 50.7 Å². The lowest BCUT2D eigenvalue weighted by Crippen LogP contribution is -2.46. The molecule has 14 heavy (non-hydrogen) atoms. The third kappa shape index (κ3) is 3.95. The highest BCUT2D eigenvalue weighted by Gasteiger charge is 2.28. The van der Waals surface area contributed by atoms with Crippen molar-refractivity contribution in [2.24, 2.45) is 0 Å². The second-order valence-electron chi connectivity index (χ2n) is 4.52. The predicted molar refractivity (Wildman–Crippen MR) is 57.4 cm³/mol. The third-order valence-corrected chi connectivity index (χ3v) is 2.98. The van der Waals surface area contributed by atoms with E-state index in [-0.39, 0.29) is 0 Å². The summed E-state index contributed by atoms with van der Waals surface area (Å²) in [5.41, 5.74) is -0.458. The Labute approximate surface area is 86.8 Å². The average molecular weight is 201 g/mol. The molecule has 0 bridgehead atoms. The predicted octanol–water partition coefficient (Wildman–Crippen LogP) is 1.31. The Bertz CT molecular complexity index is 155. The summed E-state index contributed by atoms with van der Waals surface area (Å²) in [5.74, 6) is 0. The van der Waals surface area contributed by atoms with E-state index in [0.29, 0.717) is 19.2 Å². The van der Waals surface area contributed by atoms with Gasteiger partial charge >= 0.3 is 0 Å². The molecule has 1 fully saturated rings. The molecule has 0 aliphatic heterocycles. The van der Waals surface area contributed by atoms with E-state index in [0.717, 1.165) is 25.7 Å². The summed E-state index contributed by atoms with van der Waals surface area (Å²) >= 11 is 0. The van der Waals surface area contributed by atoms with Crippen molar-refractivity contribution in [3.8, 4) is 0 Å². The van der Waals surface area contributed by atoms with Crippen LogP contribution in [0, 0.1) is 0 Å². The molecule has 1 saturated carbocycles. The maximum absolute atomic E-state index is 10.2. The van der Waals surface area contributed by atoms with Gasteiger partial charge < -0.3 is 15.2 Å². The van der Waals surface area contributed by atoms with E-state index in [9.17, 15) is 5.11 Å². The Morgan fingerprint density at radius 3 is 2.57 bits per heavy atom. The maximum atomic E-state index is 10.2. The summed E-state index contributed by atoms with van der Waals surface area (Å²) < 4.78 is 5.03. The number of aliphatic hydroxyl groups is 1. The van der Waals surface area contributed by atoms with Crippen LogP contribution in [0.3, 0.4) is 0 Å². The molecule has 1 aliphatic carbocycles. The lowest BCUT2D eigenvalue weighted by molar-refractivity contribution is 0.000912. The summed E-state index contributed by atoms with van der Waals surface area (Å²) in [6.45, 7) is 3.49. The zero-order valence-electron chi connectivity index (χ0n) is 9.38. The number of ether oxygens (including phenoxy) is 1. The average Bonchev–Trinajstić information content (AvgIpc) is 2.17. The molecule has 0 aromatic heterocycles. The van der Waals surface area contributed by atoms with Gasteiger partial charge in [0.1, 0.15) is 0 Å². The van der Waals surface area contributed by atoms with Gasteiger partial charge in [-0.05, 0) is 19.8 Å². The molecule has 0 aromatic rings. The van der Waals surface area contributed by atoms with Crippen LogP contribution >= 0.6 is 0 Å². The molecule has 84 valence electrons. The molecule has 2 N–H and O–H groups in total. The first-order valence-corrected chi connectivity index (χ1v) is 5.61. The number of methoxy groups -OCH3 is 1. The van der Waals surface area contributed by atoms with Crippen LogP contribution in [0.1, 0.15) is 39.0 Å². The van der Waals surface area contributed by atoms with Crippen LogP contribution in [0.4, 0.5) is 0 Å². The Hall–Kier alpha value is -0.120. The zero-order valence-corrected chi connectivity index (χ0v) is 9.38. The van der Waals surface area contributed by atoms with E-state index in [1.807, 2.05) is 0 Å². The lowest BCUT2D eigenvalue weighted by Gasteiger charge is -2.33. The molecule has 0 spiro atoms. The van der Waals surface area contributed by atoms with E-state index < -0.39 is 5.60 Å². The lowest BCUT2D eigenvalue weighted by atomic mass is 9.85. The molecule has 3 nitrogen and oxygen atoms in total. The summed E-state index contributed by atoms with van der Waals surface area (Å²) in [6.07, 6.45) is 5.49. The molecule has 1 aliphatic rings. The van der Waals surface area contributed by atoms with Gasteiger partial charge in [-0.25, -0.2) is 0 Å². The molecule has 1 atom stereocenters. The van der Waals surface area contributed by atoms with Gasteiger partial charge in [-0.3, -0.25) is 0 Å². The van der Waals surface area contributed by atoms with Gasteiger partial charge in [-0.15, -0.1) is 0 Å². The second kappa shape index (κ2) is 5.69. The van der Waals surface area contributed by atoms with Crippen LogP contribution in [0.15, 0.2) is 0 Å². The standard InChI is InChI=1S/C11H23NO2/c1-10(8-14-2)12-9-11(13)6-4-3-5-7-11/h10,12-13H,3-9H2,1-2H3/t10-/m0/s1. The summed E-state index contributed by atoms with van der Waals surface area (Å²) in [4.78, 5) is 0. The van der Waals surface area contributed by atoms with E-state index in [4.69, 9.17) is 4.74 Å². The molecule has 0 amide bonds. The van der Waals surface area contributed by atoms with Crippen molar-refractivity contribution in [3.63, 3.8) is 0 Å². The maximum Gasteiger partial charge on any atom is 0.0771 e. The summed E-state index contributed by atoms with van der Waals surface area (Å²) in [5, 5.41) is 13.5. The molecule has 0 heterocycles. The fourth-order valence-electron chi connectivity index (χ4n) is 2.06. The minimum atomic E-state index is -0.458. The monoisotopic (exact) mass is 201 g/mol. The Kier molecular flexibility index (Phi) is 4.85. The van der Waals surface area contributed by atoms with Gasteiger partial charge in [-0.2, -0.15) is 0 Å². The van der Waals surface area contributed by atoms with E-state index in [1.165, 1.54) is 6.42 Å². The summed E-state index contributed by atoms with van der Waals surface area (Å²) in [7, 11) is 1.70. The van der Waals surface area contributed by atoms with E-state index >= 15 is 0 Å². The van der Waals surface area contributed by atoms with Gasteiger partial charge in [0.25, 0.3) is 0 Å². The van der Waals surface area contributed by atoms with Crippen LogP contribution in [0.25, 0.3) is 0 Å². The van der Waals surface area contributed by atoms with E-state index in [1.54, 1.807) is 7.11 Å². The van der Waals surface area contributed by atoms with Crippen molar-refractivity contribution < 1.29 is 9.84 Å². The van der Waals surface area contributed by atoms with Gasteiger partial charge in [0.2, 0.25) is 0 Å². The minimum Gasteiger partial charge on any atom is -0.389 e. The first kappa shape index (κ1) is 12.0. The molecular formula is C11H23NO2. The smallest absolute Gasteiger partial charge is 0.0771 e. The van der Waals surface area contributed by atoms with Crippen LogP contribution < -0.4 is 5.32 Å². The highest BCUT2D eigenvalue weighted by atomic mass is 16.5. The van der Waals surface area contributed by atoms with Gasteiger partial charge in [0.15, 0.2) is 0 Å². The fourth-order valence-corrected chi connectivity index (χ4v) is 2.06. The third-order valence-electron chi connectivity index (χ3n) is 2.98. The first-order chi connectivity index (χ1) is 6.66. The largest absolute Gasteiger partial charge is 0.389 e. The highest BCUT2D eigenvalue weighted by Crippen LogP contribution is 2.27. The zero-order chi connectivity index (χ0) is 10.4. The first-order valence-electron chi connectivity index (χ1n) is 5.61. The van der Waals surface area contributed by atoms with Crippen molar-refractivity contribution in [1.29, 1.82) is 0 Å². The summed E-state index contributed by atoms with van der Waals surface area (Å²) in [6, 6.07) is 0.325. The molecule has 0 unspecified atom stereocenters. The topological polar surface area (TPSA) is 41.5 Å². The van der Waals surface area contributed by atoms with Crippen molar-refractivity contribution in [3.05, 3.63) is 0 Å². The van der Waals surface area contributed by atoms with Crippen LogP contribution in [0.5, 0.6) is 0 Å². The molecular weight excluding hydrogens is 178 g/mol. The van der Waals surface area contributed by atoms with Crippen molar-refractivity contribution in [1.82, 2.24) is 5.32 Å². The van der Waals surface area contributed by atoms with Crippen LogP contribution in [0.2, 0.25) is 0 Å². The van der Waals surface area contributed by atoms with Crippen LogP contribution in [-0.2, 0) is 4.74 Å². The Morgan fingerprint density at radius 1 is 1.36 bits per heavy atom. The molecule has 0 saturated heterocycles. The molecule has 0 radical (unpaired) electrons. The van der Waals surface area contributed by atoms with E-state index in [2.05, 4.69) is 12.2 Å². The Balaban J connectivity index is 2.21. The Morgan fingerprint density at radius 2 is 2.00 bits per heavy atom. The number of rotatable bonds is 5. The highest BCUT2D eigenvalue weighted by molar-refractivity contribution is 4.85. The molecule has 1 rings (SSSR count). The number of hydrogen-bond donors (Lipinski definition) is 2. The van der Waals surface area contributed by atoms with Crippen molar-refractivity contribution in [2.75, 3.05) is 20.3 Å². The molecule has 0 aromatic carbocycles. The van der Waals surface area contributed by atoms with Crippen molar-refractivity contribution >= 4 is 0 Å². The van der Waals surface area contributed by atoms with Gasteiger partial charge in [0.05, 0.1) is 12.2 Å². The van der Waals surface area contributed by atoms with Gasteiger partial charge in [-0.1, -0.05) is 19.3 Å². The van der Waals surface area contributed by atoms with Gasteiger partial charge in [0, 0.05) is 19.7 Å². The second-order valence-corrected chi connectivity index (χ2v) is 4.52. The SMILES string of the molecule is COC[C@H](C)NCC1(O)CCCCC1. The minimum absolute atomic E-state index is 0.325. The quantitative estimate of drug-likeness (QED) is 0.704. The number of nitrogens with one attached hydrogen (secondary N) is 1.